The summed E-state index contributed by atoms with van der Waals surface area (Å²) in [7, 11) is 1.95. The molecule has 2 aliphatic rings. The third-order valence-electron chi connectivity index (χ3n) is 5.15. The number of halogens is 3. The molecule has 6 nitrogen and oxygen atoms in total. The van der Waals surface area contributed by atoms with Crippen molar-refractivity contribution in [3.05, 3.63) is 0 Å². The lowest BCUT2D eigenvalue weighted by Crippen LogP contribution is -2.31. The largest absolute Gasteiger partial charge is 0.391 e. The molecule has 2 fully saturated rings. The zero-order valence-corrected chi connectivity index (χ0v) is 13.9. The van der Waals surface area contributed by atoms with Gasteiger partial charge >= 0.3 is 6.18 Å². The second kappa shape index (κ2) is 7.25. The van der Waals surface area contributed by atoms with Gasteiger partial charge in [0.05, 0.1) is 12.5 Å². The number of rotatable bonds is 5. The molecule has 0 bridgehead atoms. The van der Waals surface area contributed by atoms with Crippen molar-refractivity contribution in [2.45, 2.75) is 44.8 Å². The van der Waals surface area contributed by atoms with Crippen LogP contribution in [0.1, 0.15) is 32.1 Å². The van der Waals surface area contributed by atoms with Gasteiger partial charge in [-0.15, -0.1) is 0 Å². The van der Waals surface area contributed by atoms with E-state index in [9.17, 15) is 13.2 Å². The van der Waals surface area contributed by atoms with Crippen LogP contribution < -0.4 is 4.90 Å². The standard InChI is InChI=1S/C15H24F3N5O/c1-22(8-12-6-7-24-10-12)14-19-20-21-23(14)9-11-2-4-13(5-3-11)15(16,17)18/h11-13H,2-10H2,1H3. The number of aromatic nitrogens is 4. The zero-order valence-electron chi connectivity index (χ0n) is 13.9. The average Bonchev–Trinajstić information content (AvgIpc) is 3.18. The molecule has 0 radical (unpaired) electrons. The normalized spacial score (nSPS) is 28.2. The molecule has 1 atom stereocenters. The summed E-state index contributed by atoms with van der Waals surface area (Å²) in [5, 5.41) is 11.9. The predicted molar refractivity (Wildman–Crippen MR) is 81.5 cm³/mol. The molecule has 2 heterocycles. The average molecular weight is 347 g/mol. The summed E-state index contributed by atoms with van der Waals surface area (Å²) in [6.45, 7) is 2.96. The van der Waals surface area contributed by atoms with Gasteiger partial charge in [0.15, 0.2) is 0 Å². The number of nitrogens with zero attached hydrogens (tertiary/aromatic N) is 5. The summed E-state index contributed by atoms with van der Waals surface area (Å²) < 4.78 is 45.4. The van der Waals surface area contributed by atoms with Crippen LogP contribution in [0.5, 0.6) is 0 Å². The summed E-state index contributed by atoms with van der Waals surface area (Å²) in [5.74, 6) is 0.211. The van der Waals surface area contributed by atoms with Crippen LogP contribution >= 0.6 is 0 Å². The van der Waals surface area contributed by atoms with Gasteiger partial charge in [0.2, 0.25) is 5.95 Å². The van der Waals surface area contributed by atoms with Crippen LogP contribution in [0.2, 0.25) is 0 Å². The van der Waals surface area contributed by atoms with Crippen molar-refractivity contribution in [2.24, 2.45) is 17.8 Å². The highest BCUT2D eigenvalue weighted by Gasteiger charge is 2.41. The van der Waals surface area contributed by atoms with E-state index in [0.717, 1.165) is 26.2 Å². The van der Waals surface area contributed by atoms with Crippen molar-refractivity contribution in [3.63, 3.8) is 0 Å². The first-order chi connectivity index (χ1) is 11.4. The summed E-state index contributed by atoms with van der Waals surface area (Å²) in [6.07, 6.45) is -1.46. The minimum atomic E-state index is -4.06. The smallest absolute Gasteiger partial charge is 0.381 e. The van der Waals surface area contributed by atoms with Crippen LogP contribution in [0.4, 0.5) is 19.1 Å². The van der Waals surface area contributed by atoms with Crippen molar-refractivity contribution >= 4 is 5.95 Å². The van der Waals surface area contributed by atoms with E-state index in [2.05, 4.69) is 15.5 Å². The van der Waals surface area contributed by atoms with Gasteiger partial charge in [-0.2, -0.15) is 13.2 Å². The highest BCUT2D eigenvalue weighted by molar-refractivity contribution is 5.26. The lowest BCUT2D eigenvalue weighted by Gasteiger charge is -2.30. The summed E-state index contributed by atoms with van der Waals surface area (Å²) in [6, 6.07) is 0. The Bertz CT molecular complexity index is 521. The van der Waals surface area contributed by atoms with Crippen LogP contribution in [0, 0.1) is 17.8 Å². The molecule has 0 aromatic carbocycles. The number of anilines is 1. The molecule has 1 saturated heterocycles. The van der Waals surface area contributed by atoms with Crippen LogP contribution in [0.25, 0.3) is 0 Å². The predicted octanol–water partition coefficient (Wildman–Crippen LogP) is 2.51. The third-order valence-corrected chi connectivity index (χ3v) is 5.15. The second-order valence-corrected chi connectivity index (χ2v) is 7.03. The first kappa shape index (κ1) is 17.4. The van der Waals surface area contributed by atoms with Crippen LogP contribution in [-0.2, 0) is 11.3 Å². The van der Waals surface area contributed by atoms with E-state index in [1.54, 1.807) is 4.68 Å². The topological polar surface area (TPSA) is 56.1 Å². The van der Waals surface area contributed by atoms with Gasteiger partial charge in [0.1, 0.15) is 0 Å². The van der Waals surface area contributed by atoms with Gasteiger partial charge < -0.3 is 9.64 Å². The maximum absolute atomic E-state index is 12.8. The van der Waals surface area contributed by atoms with Crippen molar-refractivity contribution in [3.8, 4) is 0 Å². The first-order valence-corrected chi connectivity index (χ1v) is 8.55. The van der Waals surface area contributed by atoms with Crippen molar-refractivity contribution < 1.29 is 17.9 Å². The molecule has 0 N–H and O–H groups in total. The monoisotopic (exact) mass is 347 g/mol. The fourth-order valence-electron chi connectivity index (χ4n) is 3.70. The molecule has 24 heavy (non-hydrogen) atoms. The Balaban J connectivity index is 1.54. The Kier molecular flexibility index (Phi) is 5.27. The highest BCUT2D eigenvalue weighted by atomic mass is 19.4. The maximum Gasteiger partial charge on any atom is 0.391 e. The lowest BCUT2D eigenvalue weighted by atomic mass is 9.81. The van der Waals surface area contributed by atoms with E-state index in [4.69, 9.17) is 4.74 Å². The molecule has 1 aromatic rings. The molecule has 9 heteroatoms. The molecular weight excluding hydrogens is 323 g/mol. The van der Waals surface area contributed by atoms with E-state index in [-0.39, 0.29) is 18.8 Å². The summed E-state index contributed by atoms with van der Waals surface area (Å²) in [5.41, 5.74) is 0. The molecule has 1 aromatic heterocycles. The first-order valence-electron chi connectivity index (χ1n) is 8.55. The molecule has 1 aliphatic carbocycles. The SMILES string of the molecule is CN(CC1CCOC1)c1nnnn1CC1CCC(C(F)(F)F)CC1. The molecule has 0 amide bonds. The Morgan fingerprint density at radius 1 is 1.17 bits per heavy atom. The number of hydrogen-bond donors (Lipinski definition) is 0. The lowest BCUT2D eigenvalue weighted by molar-refractivity contribution is -0.184. The van der Waals surface area contributed by atoms with Crippen molar-refractivity contribution in [1.82, 2.24) is 20.2 Å². The van der Waals surface area contributed by atoms with E-state index in [1.807, 2.05) is 11.9 Å². The van der Waals surface area contributed by atoms with E-state index >= 15 is 0 Å². The molecule has 136 valence electrons. The Morgan fingerprint density at radius 2 is 1.92 bits per heavy atom. The Hall–Kier alpha value is -1.38. The van der Waals surface area contributed by atoms with Gasteiger partial charge in [-0.25, -0.2) is 4.68 Å². The fourth-order valence-corrected chi connectivity index (χ4v) is 3.70. The quantitative estimate of drug-likeness (QED) is 0.819. The minimum absolute atomic E-state index is 0.203. The number of tetrazole rings is 1. The van der Waals surface area contributed by atoms with Crippen molar-refractivity contribution in [2.75, 3.05) is 31.7 Å². The maximum atomic E-state index is 12.8. The van der Waals surface area contributed by atoms with Gasteiger partial charge in [-0.05, 0) is 48.4 Å². The van der Waals surface area contributed by atoms with Gasteiger partial charge in [-0.1, -0.05) is 5.10 Å². The molecule has 1 unspecified atom stereocenters. The van der Waals surface area contributed by atoms with Crippen LogP contribution in [0.3, 0.4) is 0 Å². The fraction of sp³-hybridized carbons (Fsp3) is 0.933. The summed E-state index contributed by atoms with van der Waals surface area (Å²) in [4.78, 5) is 2.01. The zero-order chi connectivity index (χ0) is 17.2. The highest BCUT2D eigenvalue weighted by Crippen LogP contribution is 2.40. The van der Waals surface area contributed by atoms with E-state index in [0.29, 0.717) is 31.3 Å². The Morgan fingerprint density at radius 3 is 2.54 bits per heavy atom. The van der Waals surface area contributed by atoms with Gasteiger partial charge in [0.25, 0.3) is 0 Å². The number of alkyl halides is 3. The minimum Gasteiger partial charge on any atom is -0.381 e. The van der Waals surface area contributed by atoms with E-state index in [1.165, 1.54) is 0 Å². The number of ether oxygens (including phenoxy) is 1. The van der Waals surface area contributed by atoms with Crippen LogP contribution in [0.15, 0.2) is 0 Å². The molecular formula is C15H24F3N5O. The molecule has 1 saturated carbocycles. The van der Waals surface area contributed by atoms with Crippen LogP contribution in [-0.4, -0.2) is 53.2 Å². The molecule has 3 rings (SSSR count). The third kappa shape index (κ3) is 4.17. The second-order valence-electron chi connectivity index (χ2n) is 7.03. The molecule has 1 aliphatic heterocycles. The molecule has 0 spiro atoms. The Labute approximate surface area is 139 Å². The van der Waals surface area contributed by atoms with Gasteiger partial charge in [-0.3, -0.25) is 0 Å². The van der Waals surface area contributed by atoms with Gasteiger partial charge in [0, 0.05) is 32.7 Å². The summed E-state index contributed by atoms with van der Waals surface area (Å²) >= 11 is 0. The van der Waals surface area contributed by atoms with Crippen molar-refractivity contribution in [1.29, 1.82) is 0 Å². The van der Waals surface area contributed by atoms with E-state index < -0.39 is 12.1 Å². The number of hydrogen-bond acceptors (Lipinski definition) is 5.